The SMILES string of the molecule is COC(=O)[C@@H](O)C1CCN(C(=O)Cc2ccc(OC(F)(F)F)cc2)CC1. The zero-order valence-corrected chi connectivity index (χ0v) is 14.2. The Labute approximate surface area is 148 Å². The number of piperidine rings is 1. The summed E-state index contributed by atoms with van der Waals surface area (Å²) in [6.45, 7) is 0.791. The van der Waals surface area contributed by atoms with Crippen molar-refractivity contribution in [2.24, 2.45) is 5.92 Å². The first kappa shape index (κ1) is 20.0. The van der Waals surface area contributed by atoms with E-state index < -0.39 is 18.4 Å². The highest BCUT2D eigenvalue weighted by atomic mass is 19.4. The highest BCUT2D eigenvalue weighted by Crippen LogP contribution is 2.24. The van der Waals surface area contributed by atoms with Crippen LogP contribution in [0.4, 0.5) is 13.2 Å². The first-order chi connectivity index (χ1) is 12.2. The lowest BCUT2D eigenvalue weighted by molar-refractivity contribution is -0.274. The molecule has 0 bridgehead atoms. The molecule has 1 aromatic carbocycles. The van der Waals surface area contributed by atoms with Gasteiger partial charge in [0.2, 0.25) is 5.91 Å². The first-order valence-corrected chi connectivity index (χ1v) is 8.08. The Morgan fingerprint density at radius 2 is 1.81 bits per heavy atom. The van der Waals surface area contributed by atoms with E-state index in [0.717, 1.165) is 12.1 Å². The third-order valence-electron chi connectivity index (χ3n) is 4.29. The Hall–Kier alpha value is -2.29. The van der Waals surface area contributed by atoms with Crippen LogP contribution in [0.1, 0.15) is 18.4 Å². The number of carbonyl (C=O) groups excluding carboxylic acids is 2. The van der Waals surface area contributed by atoms with Gasteiger partial charge in [0.05, 0.1) is 13.5 Å². The second-order valence-corrected chi connectivity index (χ2v) is 6.05. The van der Waals surface area contributed by atoms with Crippen molar-refractivity contribution in [2.75, 3.05) is 20.2 Å². The van der Waals surface area contributed by atoms with Crippen LogP contribution in [0.2, 0.25) is 0 Å². The van der Waals surface area contributed by atoms with Gasteiger partial charge in [-0.15, -0.1) is 13.2 Å². The fraction of sp³-hybridized carbons (Fsp3) is 0.529. The summed E-state index contributed by atoms with van der Waals surface area (Å²) < 4.78 is 44.7. The van der Waals surface area contributed by atoms with Gasteiger partial charge in [0, 0.05) is 13.1 Å². The van der Waals surface area contributed by atoms with Crippen molar-refractivity contribution in [1.82, 2.24) is 4.90 Å². The minimum atomic E-state index is -4.75. The fourth-order valence-electron chi connectivity index (χ4n) is 2.87. The number of carbonyl (C=O) groups is 2. The standard InChI is InChI=1S/C17H20F3NO5/c1-25-16(24)15(23)12-6-8-21(9-7-12)14(22)10-11-2-4-13(5-3-11)26-17(18,19)20/h2-5,12,15,23H,6-10H2,1H3/t15-/m0/s1. The third kappa shape index (κ3) is 5.62. The molecule has 2 rings (SSSR count). The molecule has 0 aliphatic carbocycles. The van der Waals surface area contributed by atoms with Gasteiger partial charge in [-0.1, -0.05) is 12.1 Å². The number of amides is 1. The van der Waals surface area contributed by atoms with E-state index in [-0.39, 0.29) is 24.0 Å². The lowest BCUT2D eigenvalue weighted by Crippen LogP contribution is -2.43. The summed E-state index contributed by atoms with van der Waals surface area (Å²) in [6, 6.07) is 5.14. The number of benzene rings is 1. The Balaban J connectivity index is 1.84. The molecule has 0 saturated carbocycles. The number of nitrogens with zero attached hydrogens (tertiary/aromatic N) is 1. The van der Waals surface area contributed by atoms with E-state index in [9.17, 15) is 27.9 Å². The van der Waals surface area contributed by atoms with Gasteiger partial charge in [0.25, 0.3) is 0 Å². The molecule has 0 unspecified atom stereocenters. The molecular weight excluding hydrogens is 355 g/mol. The predicted octanol–water partition coefficient (Wildman–Crippen LogP) is 1.90. The number of rotatable bonds is 5. The molecule has 6 nitrogen and oxygen atoms in total. The predicted molar refractivity (Wildman–Crippen MR) is 84.2 cm³/mol. The molecule has 144 valence electrons. The van der Waals surface area contributed by atoms with Crippen LogP contribution in [0.5, 0.6) is 5.75 Å². The number of ether oxygens (including phenoxy) is 2. The van der Waals surface area contributed by atoms with Crippen molar-refractivity contribution in [3.8, 4) is 5.75 Å². The Morgan fingerprint density at radius 3 is 2.31 bits per heavy atom. The number of methoxy groups -OCH3 is 1. The third-order valence-corrected chi connectivity index (χ3v) is 4.29. The largest absolute Gasteiger partial charge is 0.573 e. The zero-order valence-electron chi connectivity index (χ0n) is 14.2. The maximum absolute atomic E-state index is 12.3. The van der Waals surface area contributed by atoms with E-state index >= 15 is 0 Å². The number of alkyl halides is 3. The molecule has 1 aromatic rings. The smallest absolute Gasteiger partial charge is 0.467 e. The van der Waals surface area contributed by atoms with E-state index in [1.807, 2.05) is 0 Å². The van der Waals surface area contributed by atoms with E-state index in [1.165, 1.54) is 19.2 Å². The monoisotopic (exact) mass is 375 g/mol. The lowest BCUT2D eigenvalue weighted by atomic mass is 9.91. The molecule has 1 heterocycles. The number of likely N-dealkylation sites (tertiary alicyclic amines) is 1. The molecule has 1 amide bonds. The fourth-order valence-corrected chi connectivity index (χ4v) is 2.87. The minimum absolute atomic E-state index is 0.0521. The summed E-state index contributed by atoms with van der Waals surface area (Å²) in [5.74, 6) is -1.45. The Morgan fingerprint density at radius 1 is 1.23 bits per heavy atom. The number of halogens is 3. The van der Waals surface area contributed by atoms with Crippen molar-refractivity contribution in [3.05, 3.63) is 29.8 Å². The molecule has 1 saturated heterocycles. The van der Waals surface area contributed by atoms with Crippen LogP contribution in [-0.2, 0) is 20.7 Å². The van der Waals surface area contributed by atoms with Crippen LogP contribution >= 0.6 is 0 Å². The summed E-state index contributed by atoms with van der Waals surface area (Å²) in [7, 11) is 1.20. The van der Waals surface area contributed by atoms with Gasteiger partial charge in [-0.2, -0.15) is 0 Å². The van der Waals surface area contributed by atoms with Gasteiger partial charge in [-0.05, 0) is 36.5 Å². The van der Waals surface area contributed by atoms with Crippen LogP contribution in [0.3, 0.4) is 0 Å². The molecule has 26 heavy (non-hydrogen) atoms. The average molecular weight is 375 g/mol. The molecule has 1 aliphatic heterocycles. The summed E-state index contributed by atoms with van der Waals surface area (Å²) >= 11 is 0. The van der Waals surface area contributed by atoms with Crippen molar-refractivity contribution in [2.45, 2.75) is 31.7 Å². The van der Waals surface area contributed by atoms with Gasteiger partial charge in [-0.3, -0.25) is 4.79 Å². The second-order valence-electron chi connectivity index (χ2n) is 6.05. The molecule has 1 atom stereocenters. The number of hydrogen-bond donors (Lipinski definition) is 1. The summed E-state index contributed by atoms with van der Waals surface area (Å²) in [5, 5.41) is 9.84. The second kappa shape index (κ2) is 8.39. The quantitative estimate of drug-likeness (QED) is 0.796. The zero-order chi connectivity index (χ0) is 19.3. The van der Waals surface area contributed by atoms with E-state index in [1.54, 1.807) is 4.90 Å². The number of aliphatic hydroxyl groups excluding tert-OH is 1. The maximum atomic E-state index is 12.3. The molecule has 1 fully saturated rings. The first-order valence-electron chi connectivity index (χ1n) is 8.08. The normalized spacial score (nSPS) is 16.9. The van der Waals surface area contributed by atoms with E-state index in [4.69, 9.17) is 0 Å². The molecule has 1 N–H and O–H groups in total. The molecule has 1 aliphatic rings. The van der Waals surface area contributed by atoms with Gasteiger partial charge >= 0.3 is 12.3 Å². The molecule has 0 radical (unpaired) electrons. The molecule has 0 aromatic heterocycles. The van der Waals surface area contributed by atoms with E-state index in [2.05, 4.69) is 9.47 Å². The van der Waals surface area contributed by atoms with Crippen molar-refractivity contribution < 1.29 is 37.3 Å². The highest BCUT2D eigenvalue weighted by molar-refractivity contribution is 5.79. The average Bonchev–Trinajstić information content (AvgIpc) is 2.61. The lowest BCUT2D eigenvalue weighted by Gasteiger charge is -2.33. The van der Waals surface area contributed by atoms with Gasteiger partial charge < -0.3 is 19.5 Å². The summed E-state index contributed by atoms with van der Waals surface area (Å²) in [4.78, 5) is 25.3. The minimum Gasteiger partial charge on any atom is -0.467 e. The van der Waals surface area contributed by atoms with Crippen LogP contribution in [0, 0.1) is 5.92 Å². The number of aliphatic hydroxyl groups is 1. The van der Waals surface area contributed by atoms with Crippen molar-refractivity contribution in [3.63, 3.8) is 0 Å². The topological polar surface area (TPSA) is 76.1 Å². The van der Waals surface area contributed by atoms with Crippen LogP contribution in [-0.4, -0.2) is 54.5 Å². The highest BCUT2D eigenvalue weighted by Gasteiger charge is 2.32. The van der Waals surface area contributed by atoms with Gasteiger partial charge in [-0.25, -0.2) is 4.79 Å². The maximum Gasteiger partial charge on any atom is 0.573 e. The number of hydrogen-bond acceptors (Lipinski definition) is 5. The van der Waals surface area contributed by atoms with Crippen LogP contribution in [0.25, 0.3) is 0 Å². The van der Waals surface area contributed by atoms with Crippen molar-refractivity contribution in [1.29, 1.82) is 0 Å². The van der Waals surface area contributed by atoms with Crippen LogP contribution < -0.4 is 4.74 Å². The summed E-state index contributed by atoms with van der Waals surface area (Å²) in [5.41, 5.74) is 0.571. The van der Waals surface area contributed by atoms with Crippen LogP contribution in [0.15, 0.2) is 24.3 Å². The Bertz CT molecular complexity index is 624. The van der Waals surface area contributed by atoms with Gasteiger partial charge in [0.15, 0.2) is 6.10 Å². The molecule has 9 heteroatoms. The molecule has 0 spiro atoms. The van der Waals surface area contributed by atoms with Gasteiger partial charge in [0.1, 0.15) is 5.75 Å². The molecular formula is C17H20F3NO5. The van der Waals surface area contributed by atoms with E-state index in [0.29, 0.717) is 31.5 Å². The Kier molecular flexibility index (Phi) is 6.47. The number of esters is 1. The van der Waals surface area contributed by atoms with Crippen molar-refractivity contribution >= 4 is 11.9 Å². The summed E-state index contributed by atoms with van der Waals surface area (Å²) in [6.07, 6.45) is -4.95.